The Morgan fingerprint density at radius 3 is 2.37 bits per heavy atom. The van der Waals surface area contributed by atoms with Crippen LogP contribution in [0, 0.1) is 10.1 Å². The van der Waals surface area contributed by atoms with Gasteiger partial charge < -0.3 is 5.32 Å². The number of nitro groups is 1. The van der Waals surface area contributed by atoms with Crippen LogP contribution in [0.3, 0.4) is 0 Å². The molecule has 0 saturated carbocycles. The van der Waals surface area contributed by atoms with Gasteiger partial charge in [-0.1, -0.05) is 30.3 Å². The van der Waals surface area contributed by atoms with Gasteiger partial charge in [0.2, 0.25) is 5.91 Å². The molecule has 1 aliphatic heterocycles. The number of amides is 1. The highest BCUT2D eigenvalue weighted by Gasteiger charge is 2.19. The number of nitrogens with zero attached hydrogens (tertiary/aromatic N) is 3. The number of halogens is 1. The largest absolute Gasteiger partial charge is 0.324 e. The Morgan fingerprint density at radius 1 is 1.07 bits per heavy atom. The molecule has 8 heteroatoms. The molecule has 0 radical (unpaired) electrons. The van der Waals surface area contributed by atoms with Gasteiger partial charge in [-0.25, -0.2) is 0 Å². The van der Waals surface area contributed by atoms with E-state index in [1.165, 1.54) is 23.8 Å². The highest BCUT2D eigenvalue weighted by molar-refractivity contribution is 9.10. The Kier molecular flexibility index (Phi) is 6.54. The topological polar surface area (TPSA) is 78.7 Å². The van der Waals surface area contributed by atoms with Crippen molar-refractivity contribution in [1.82, 2.24) is 9.80 Å². The van der Waals surface area contributed by atoms with Crippen molar-refractivity contribution < 1.29 is 9.72 Å². The number of non-ortho nitro benzene ring substituents is 1. The van der Waals surface area contributed by atoms with Crippen molar-refractivity contribution in [3.8, 4) is 0 Å². The van der Waals surface area contributed by atoms with Gasteiger partial charge in [0, 0.05) is 49.3 Å². The molecule has 1 amide bonds. The lowest BCUT2D eigenvalue weighted by Crippen LogP contribution is -2.48. The van der Waals surface area contributed by atoms with Crippen molar-refractivity contribution in [2.45, 2.75) is 6.54 Å². The van der Waals surface area contributed by atoms with E-state index in [4.69, 9.17) is 0 Å². The van der Waals surface area contributed by atoms with Crippen LogP contribution in [0.15, 0.2) is 53.0 Å². The zero-order valence-corrected chi connectivity index (χ0v) is 16.4. The van der Waals surface area contributed by atoms with Crippen LogP contribution >= 0.6 is 15.9 Å². The molecule has 1 heterocycles. The third kappa shape index (κ3) is 5.59. The fourth-order valence-electron chi connectivity index (χ4n) is 3.06. The molecule has 142 valence electrons. The van der Waals surface area contributed by atoms with E-state index >= 15 is 0 Å². The van der Waals surface area contributed by atoms with Gasteiger partial charge in [-0.2, -0.15) is 0 Å². The maximum atomic E-state index is 12.3. The predicted molar refractivity (Wildman–Crippen MR) is 108 cm³/mol. The number of benzene rings is 2. The lowest BCUT2D eigenvalue weighted by Gasteiger charge is -2.34. The number of hydrogen-bond acceptors (Lipinski definition) is 5. The summed E-state index contributed by atoms with van der Waals surface area (Å²) in [7, 11) is 0. The standard InChI is InChI=1S/C19H21BrN4O3/c20-17-12-16(24(26)27)6-7-18(17)21-19(25)14-23-10-8-22(9-11-23)13-15-4-2-1-3-5-15/h1-7,12H,8-11,13-14H2,(H,21,25). The molecule has 0 unspecified atom stereocenters. The number of hydrogen-bond donors (Lipinski definition) is 1. The van der Waals surface area contributed by atoms with Crippen molar-refractivity contribution in [1.29, 1.82) is 0 Å². The second kappa shape index (κ2) is 9.07. The molecule has 3 rings (SSSR count). The maximum absolute atomic E-state index is 12.3. The Morgan fingerprint density at radius 2 is 1.74 bits per heavy atom. The molecule has 7 nitrogen and oxygen atoms in total. The fourth-order valence-corrected chi connectivity index (χ4v) is 3.52. The first-order chi connectivity index (χ1) is 13.0. The highest BCUT2D eigenvalue weighted by Crippen LogP contribution is 2.27. The molecule has 1 N–H and O–H groups in total. The van der Waals surface area contributed by atoms with Crippen LogP contribution in [0.25, 0.3) is 0 Å². The van der Waals surface area contributed by atoms with Gasteiger partial charge >= 0.3 is 0 Å². The number of nitrogens with one attached hydrogen (secondary N) is 1. The lowest BCUT2D eigenvalue weighted by atomic mass is 10.2. The summed E-state index contributed by atoms with van der Waals surface area (Å²) in [4.78, 5) is 27.1. The minimum absolute atomic E-state index is 0.0191. The summed E-state index contributed by atoms with van der Waals surface area (Å²) in [6.07, 6.45) is 0. The Balaban J connectivity index is 1.46. The lowest BCUT2D eigenvalue weighted by molar-refractivity contribution is -0.384. The van der Waals surface area contributed by atoms with Gasteiger partial charge in [0.15, 0.2) is 0 Å². The SMILES string of the molecule is O=C(CN1CCN(Cc2ccccc2)CC1)Nc1ccc([N+](=O)[O-])cc1Br. The van der Waals surface area contributed by atoms with Crippen molar-refractivity contribution in [2.24, 2.45) is 0 Å². The van der Waals surface area contributed by atoms with Crippen LogP contribution in [0.5, 0.6) is 0 Å². The van der Waals surface area contributed by atoms with Crippen LogP contribution in [0.2, 0.25) is 0 Å². The molecule has 1 aliphatic rings. The van der Waals surface area contributed by atoms with E-state index in [1.54, 1.807) is 0 Å². The predicted octanol–water partition coefficient (Wildman–Crippen LogP) is 3.11. The molecule has 2 aromatic rings. The third-order valence-corrected chi connectivity index (χ3v) is 5.17. The van der Waals surface area contributed by atoms with Gasteiger partial charge in [0.05, 0.1) is 17.2 Å². The molecule has 0 spiro atoms. The number of piperazine rings is 1. The molecular formula is C19H21BrN4O3. The summed E-state index contributed by atoms with van der Waals surface area (Å²) < 4.78 is 0.498. The summed E-state index contributed by atoms with van der Waals surface area (Å²) in [6, 6.07) is 14.7. The molecule has 0 atom stereocenters. The molecule has 0 aromatic heterocycles. The number of anilines is 1. The zero-order valence-electron chi connectivity index (χ0n) is 14.8. The fraction of sp³-hybridized carbons (Fsp3) is 0.316. The van der Waals surface area contributed by atoms with Crippen LogP contribution < -0.4 is 5.32 Å². The molecule has 0 bridgehead atoms. The van der Waals surface area contributed by atoms with Crippen LogP contribution in [0.4, 0.5) is 11.4 Å². The molecule has 27 heavy (non-hydrogen) atoms. The zero-order chi connectivity index (χ0) is 19.2. The molecule has 1 saturated heterocycles. The van der Waals surface area contributed by atoms with Crippen molar-refractivity contribution in [2.75, 3.05) is 38.0 Å². The van der Waals surface area contributed by atoms with E-state index in [-0.39, 0.29) is 11.6 Å². The van der Waals surface area contributed by atoms with Gasteiger partial charge in [-0.05, 0) is 27.6 Å². The second-order valence-electron chi connectivity index (χ2n) is 6.51. The number of carbonyl (C=O) groups excluding carboxylic acids is 1. The summed E-state index contributed by atoms with van der Waals surface area (Å²) in [5.74, 6) is -0.124. The average Bonchev–Trinajstić information content (AvgIpc) is 2.65. The highest BCUT2D eigenvalue weighted by atomic mass is 79.9. The number of rotatable bonds is 6. The van der Waals surface area contributed by atoms with Gasteiger partial charge in [0.25, 0.3) is 5.69 Å². The van der Waals surface area contributed by atoms with Crippen LogP contribution in [0.1, 0.15) is 5.56 Å². The van der Waals surface area contributed by atoms with E-state index in [1.807, 2.05) is 18.2 Å². The molecule has 1 fully saturated rings. The van der Waals surface area contributed by atoms with Crippen LogP contribution in [-0.4, -0.2) is 53.4 Å². The van der Waals surface area contributed by atoms with E-state index in [2.05, 4.69) is 43.2 Å². The molecule has 2 aromatic carbocycles. The summed E-state index contributed by atoms with van der Waals surface area (Å²) in [6.45, 7) is 4.75. The average molecular weight is 433 g/mol. The Bertz CT molecular complexity index is 808. The minimum Gasteiger partial charge on any atom is -0.324 e. The monoisotopic (exact) mass is 432 g/mol. The number of nitro benzene ring substituents is 1. The van der Waals surface area contributed by atoms with Gasteiger partial charge in [-0.15, -0.1) is 0 Å². The summed E-state index contributed by atoms with van der Waals surface area (Å²) in [5, 5.41) is 13.6. The quantitative estimate of drug-likeness (QED) is 0.560. The number of carbonyl (C=O) groups is 1. The van der Waals surface area contributed by atoms with Crippen LogP contribution in [-0.2, 0) is 11.3 Å². The minimum atomic E-state index is -0.467. The summed E-state index contributed by atoms with van der Waals surface area (Å²) in [5.41, 5.74) is 1.81. The van der Waals surface area contributed by atoms with Gasteiger partial charge in [-0.3, -0.25) is 24.7 Å². The Labute approximate surface area is 166 Å². The van der Waals surface area contributed by atoms with E-state index in [0.29, 0.717) is 16.7 Å². The first-order valence-electron chi connectivity index (χ1n) is 8.74. The molecular weight excluding hydrogens is 412 g/mol. The maximum Gasteiger partial charge on any atom is 0.270 e. The van der Waals surface area contributed by atoms with E-state index in [0.717, 1.165) is 32.7 Å². The first kappa shape index (κ1) is 19.5. The molecule has 0 aliphatic carbocycles. The third-order valence-electron chi connectivity index (χ3n) is 4.52. The smallest absolute Gasteiger partial charge is 0.270 e. The van der Waals surface area contributed by atoms with Crippen molar-refractivity contribution in [3.63, 3.8) is 0 Å². The summed E-state index contributed by atoms with van der Waals surface area (Å²) >= 11 is 3.27. The normalized spacial score (nSPS) is 15.4. The van der Waals surface area contributed by atoms with E-state index in [9.17, 15) is 14.9 Å². The van der Waals surface area contributed by atoms with Crippen molar-refractivity contribution >= 4 is 33.2 Å². The second-order valence-corrected chi connectivity index (χ2v) is 7.36. The van der Waals surface area contributed by atoms with E-state index < -0.39 is 4.92 Å². The first-order valence-corrected chi connectivity index (χ1v) is 9.53. The van der Waals surface area contributed by atoms with Crippen molar-refractivity contribution in [3.05, 3.63) is 68.7 Å². The van der Waals surface area contributed by atoms with Gasteiger partial charge in [0.1, 0.15) is 0 Å². The Hall–Kier alpha value is -2.29.